The van der Waals surface area contributed by atoms with Crippen LogP contribution in [-0.2, 0) is 0 Å². The van der Waals surface area contributed by atoms with Crippen LogP contribution in [0.3, 0.4) is 0 Å². The number of carbonyl (C=O) groups excluding carboxylic acids is 1. The van der Waals surface area contributed by atoms with Gasteiger partial charge in [0, 0.05) is 55.0 Å². The first-order valence-electron chi connectivity index (χ1n) is 7.14. The Morgan fingerprint density at radius 3 is 2.64 bits per heavy atom. The molecule has 114 valence electrons. The maximum Gasteiger partial charge on any atom is 0.257 e. The van der Waals surface area contributed by atoms with Crippen molar-refractivity contribution in [1.82, 2.24) is 9.88 Å². The second-order valence-corrected chi connectivity index (χ2v) is 5.66. The number of hydrogen-bond donors (Lipinski definition) is 1. The largest absolute Gasteiger partial charge is 0.398 e. The zero-order valence-electron chi connectivity index (χ0n) is 12.1. The standard InChI is InChI=1S/C16H17ClN4O/c17-12-2-1-3-13(10-12)20-6-8-21(9-7-20)16(22)14-11-19-5-4-15(14)18/h1-5,10-11H,6-9H2,(H2,18,19). The van der Waals surface area contributed by atoms with Gasteiger partial charge in [0.05, 0.1) is 5.56 Å². The van der Waals surface area contributed by atoms with E-state index in [9.17, 15) is 4.79 Å². The van der Waals surface area contributed by atoms with Crippen molar-refractivity contribution in [1.29, 1.82) is 0 Å². The van der Waals surface area contributed by atoms with Gasteiger partial charge in [-0.15, -0.1) is 0 Å². The van der Waals surface area contributed by atoms with Crippen molar-refractivity contribution in [3.05, 3.63) is 53.3 Å². The van der Waals surface area contributed by atoms with Crippen LogP contribution < -0.4 is 10.6 Å². The average molecular weight is 317 g/mol. The fraction of sp³-hybridized carbons (Fsp3) is 0.250. The van der Waals surface area contributed by atoms with Gasteiger partial charge in [0.1, 0.15) is 0 Å². The number of benzene rings is 1. The molecule has 0 saturated carbocycles. The Labute approximate surface area is 134 Å². The van der Waals surface area contributed by atoms with Crippen molar-refractivity contribution in [3.8, 4) is 0 Å². The van der Waals surface area contributed by atoms with E-state index in [4.69, 9.17) is 17.3 Å². The van der Waals surface area contributed by atoms with Gasteiger partial charge in [0.2, 0.25) is 0 Å². The van der Waals surface area contributed by atoms with Crippen LogP contribution in [0.25, 0.3) is 0 Å². The highest BCUT2D eigenvalue weighted by molar-refractivity contribution is 6.30. The highest BCUT2D eigenvalue weighted by Crippen LogP contribution is 2.21. The molecule has 22 heavy (non-hydrogen) atoms. The van der Waals surface area contributed by atoms with E-state index in [1.807, 2.05) is 29.2 Å². The fourth-order valence-electron chi connectivity index (χ4n) is 2.59. The summed E-state index contributed by atoms with van der Waals surface area (Å²) >= 11 is 6.03. The quantitative estimate of drug-likeness (QED) is 0.923. The molecule has 1 aliphatic heterocycles. The van der Waals surface area contributed by atoms with Crippen molar-refractivity contribution in [2.75, 3.05) is 36.8 Å². The van der Waals surface area contributed by atoms with E-state index < -0.39 is 0 Å². The van der Waals surface area contributed by atoms with E-state index in [-0.39, 0.29) is 5.91 Å². The zero-order valence-corrected chi connectivity index (χ0v) is 12.8. The van der Waals surface area contributed by atoms with Crippen LogP contribution in [0, 0.1) is 0 Å². The summed E-state index contributed by atoms with van der Waals surface area (Å²) in [5.74, 6) is -0.0589. The summed E-state index contributed by atoms with van der Waals surface area (Å²) in [5, 5.41) is 0.721. The SMILES string of the molecule is Nc1ccncc1C(=O)N1CCN(c2cccc(Cl)c2)CC1. The molecule has 3 rings (SSSR count). The number of nitrogens with zero attached hydrogens (tertiary/aromatic N) is 3. The number of pyridine rings is 1. The molecule has 2 N–H and O–H groups in total. The monoisotopic (exact) mass is 316 g/mol. The lowest BCUT2D eigenvalue weighted by Gasteiger charge is -2.36. The van der Waals surface area contributed by atoms with Crippen LogP contribution in [0.1, 0.15) is 10.4 Å². The molecule has 2 aromatic rings. The second-order valence-electron chi connectivity index (χ2n) is 5.22. The summed E-state index contributed by atoms with van der Waals surface area (Å²) in [6.07, 6.45) is 3.12. The minimum absolute atomic E-state index is 0.0589. The number of anilines is 2. The molecule has 0 unspecified atom stereocenters. The van der Waals surface area contributed by atoms with E-state index in [2.05, 4.69) is 9.88 Å². The number of hydrogen-bond acceptors (Lipinski definition) is 4. The van der Waals surface area contributed by atoms with Gasteiger partial charge in [-0.1, -0.05) is 17.7 Å². The molecule has 0 aliphatic carbocycles. The molecule has 5 nitrogen and oxygen atoms in total. The molecule has 1 fully saturated rings. The van der Waals surface area contributed by atoms with Gasteiger partial charge in [-0.25, -0.2) is 0 Å². The Morgan fingerprint density at radius 2 is 1.95 bits per heavy atom. The molecule has 1 saturated heterocycles. The molecule has 0 spiro atoms. The Morgan fingerprint density at radius 1 is 1.18 bits per heavy atom. The normalized spacial score (nSPS) is 15.0. The molecule has 1 aromatic heterocycles. The van der Waals surface area contributed by atoms with Gasteiger partial charge in [0.25, 0.3) is 5.91 Å². The van der Waals surface area contributed by atoms with E-state index in [0.717, 1.165) is 23.8 Å². The summed E-state index contributed by atoms with van der Waals surface area (Å²) < 4.78 is 0. The van der Waals surface area contributed by atoms with Crippen molar-refractivity contribution in [2.24, 2.45) is 0 Å². The number of nitrogen functional groups attached to an aromatic ring is 1. The Balaban J connectivity index is 1.67. The van der Waals surface area contributed by atoms with Gasteiger partial charge in [-0.3, -0.25) is 9.78 Å². The molecule has 1 amide bonds. The van der Waals surface area contributed by atoms with Crippen molar-refractivity contribution in [3.63, 3.8) is 0 Å². The average Bonchev–Trinajstić information content (AvgIpc) is 2.55. The predicted molar refractivity (Wildman–Crippen MR) is 88.2 cm³/mol. The molecular weight excluding hydrogens is 300 g/mol. The molecule has 0 bridgehead atoms. The lowest BCUT2D eigenvalue weighted by Crippen LogP contribution is -2.49. The van der Waals surface area contributed by atoms with Gasteiger partial charge in [-0.05, 0) is 24.3 Å². The topological polar surface area (TPSA) is 62.5 Å². The summed E-state index contributed by atoms with van der Waals surface area (Å²) in [6, 6.07) is 9.41. The lowest BCUT2D eigenvalue weighted by molar-refractivity contribution is 0.0747. The van der Waals surface area contributed by atoms with Gasteiger partial charge >= 0.3 is 0 Å². The molecule has 2 heterocycles. The third kappa shape index (κ3) is 2.99. The molecule has 6 heteroatoms. The lowest BCUT2D eigenvalue weighted by atomic mass is 10.2. The number of nitrogens with two attached hydrogens (primary N) is 1. The molecule has 1 aliphatic rings. The number of piperazine rings is 1. The number of halogens is 1. The first kappa shape index (κ1) is 14.7. The minimum atomic E-state index is -0.0589. The van der Waals surface area contributed by atoms with Crippen LogP contribution in [0.5, 0.6) is 0 Å². The van der Waals surface area contributed by atoms with E-state index in [0.29, 0.717) is 24.3 Å². The van der Waals surface area contributed by atoms with Crippen LogP contribution in [0.4, 0.5) is 11.4 Å². The van der Waals surface area contributed by atoms with Gasteiger partial charge in [-0.2, -0.15) is 0 Å². The maximum atomic E-state index is 12.5. The Bertz CT molecular complexity index is 683. The number of aromatic nitrogens is 1. The zero-order chi connectivity index (χ0) is 15.5. The van der Waals surface area contributed by atoms with Crippen molar-refractivity contribution >= 4 is 28.9 Å². The second kappa shape index (κ2) is 6.23. The first-order valence-corrected chi connectivity index (χ1v) is 7.52. The maximum absolute atomic E-state index is 12.5. The molecular formula is C16H17ClN4O. The Kier molecular flexibility index (Phi) is 4.15. The van der Waals surface area contributed by atoms with Crippen molar-refractivity contribution in [2.45, 2.75) is 0 Å². The van der Waals surface area contributed by atoms with Crippen LogP contribution in [0.15, 0.2) is 42.7 Å². The van der Waals surface area contributed by atoms with Crippen molar-refractivity contribution < 1.29 is 4.79 Å². The number of amides is 1. The van der Waals surface area contributed by atoms with Crippen LogP contribution >= 0.6 is 11.6 Å². The van der Waals surface area contributed by atoms with Crippen LogP contribution in [-0.4, -0.2) is 42.0 Å². The third-order valence-electron chi connectivity index (χ3n) is 3.83. The first-order chi connectivity index (χ1) is 10.6. The minimum Gasteiger partial charge on any atom is -0.398 e. The highest BCUT2D eigenvalue weighted by Gasteiger charge is 2.23. The van der Waals surface area contributed by atoms with Gasteiger partial charge < -0.3 is 15.5 Å². The number of rotatable bonds is 2. The summed E-state index contributed by atoms with van der Waals surface area (Å²) in [4.78, 5) is 20.5. The molecule has 0 radical (unpaired) electrons. The fourth-order valence-corrected chi connectivity index (χ4v) is 2.78. The van der Waals surface area contributed by atoms with E-state index in [1.165, 1.54) is 6.20 Å². The highest BCUT2D eigenvalue weighted by atomic mass is 35.5. The molecule has 1 aromatic carbocycles. The van der Waals surface area contributed by atoms with Crippen LogP contribution in [0.2, 0.25) is 5.02 Å². The summed E-state index contributed by atoms with van der Waals surface area (Å²) in [6.45, 7) is 2.85. The van der Waals surface area contributed by atoms with Gasteiger partial charge in [0.15, 0.2) is 0 Å². The Hall–Kier alpha value is -2.27. The van der Waals surface area contributed by atoms with E-state index >= 15 is 0 Å². The summed E-state index contributed by atoms with van der Waals surface area (Å²) in [7, 11) is 0. The molecule has 0 atom stereocenters. The summed E-state index contributed by atoms with van der Waals surface area (Å²) in [5.41, 5.74) is 7.88. The number of carbonyl (C=O) groups is 1. The third-order valence-corrected chi connectivity index (χ3v) is 4.06. The smallest absolute Gasteiger partial charge is 0.257 e. The predicted octanol–water partition coefficient (Wildman–Crippen LogP) is 2.28. The van der Waals surface area contributed by atoms with E-state index in [1.54, 1.807) is 12.3 Å².